The van der Waals surface area contributed by atoms with E-state index < -0.39 is 23.8 Å². The van der Waals surface area contributed by atoms with E-state index in [1.54, 1.807) is 38.1 Å². The number of aryl methyl sites for hydroxylation is 2. The number of hydrogen-bond acceptors (Lipinski definition) is 7. The molecule has 1 fully saturated rings. The molecule has 1 heterocycles. The van der Waals surface area contributed by atoms with Crippen molar-refractivity contribution in [2.45, 2.75) is 27.7 Å². The summed E-state index contributed by atoms with van der Waals surface area (Å²) in [6, 6.07) is 7.61. The van der Waals surface area contributed by atoms with Crippen LogP contribution < -0.4 is 19.7 Å². The Bertz CT molecular complexity index is 1200. The van der Waals surface area contributed by atoms with Gasteiger partial charge in [0, 0.05) is 4.47 Å². The molecule has 0 saturated carbocycles. The van der Waals surface area contributed by atoms with Gasteiger partial charge in [0.2, 0.25) is 0 Å². The minimum Gasteiger partial charge on any atom is -0.490 e. The summed E-state index contributed by atoms with van der Waals surface area (Å²) in [6.45, 7) is 7.40. The number of barbiturate groups is 1. The van der Waals surface area contributed by atoms with Crippen LogP contribution in [0.15, 0.2) is 40.4 Å². The standard InChI is InChI=1S/C25H25BrN2O7/c1-5-33-20-11-16(19(26)12-21(20)35-13-22(29)34-6-2)10-18-23(30)27-25(32)28(24(18)31)17-8-14(3)7-15(4)9-17/h7-12H,5-6,13H2,1-4H3,(H,27,30,32)/b18-10+. The lowest BCUT2D eigenvalue weighted by Gasteiger charge is -2.27. The van der Waals surface area contributed by atoms with Crippen LogP contribution in [0.1, 0.15) is 30.5 Å². The van der Waals surface area contributed by atoms with Gasteiger partial charge in [0.25, 0.3) is 11.8 Å². The summed E-state index contributed by atoms with van der Waals surface area (Å²) >= 11 is 3.41. The predicted octanol–water partition coefficient (Wildman–Crippen LogP) is 4.07. The van der Waals surface area contributed by atoms with Crippen molar-refractivity contribution >= 4 is 51.5 Å². The van der Waals surface area contributed by atoms with Gasteiger partial charge in [-0.25, -0.2) is 14.5 Å². The van der Waals surface area contributed by atoms with Gasteiger partial charge in [-0.15, -0.1) is 0 Å². The van der Waals surface area contributed by atoms with Crippen LogP contribution in [0.2, 0.25) is 0 Å². The number of imide groups is 2. The highest BCUT2D eigenvalue weighted by Crippen LogP contribution is 2.35. The van der Waals surface area contributed by atoms with E-state index in [4.69, 9.17) is 14.2 Å². The van der Waals surface area contributed by atoms with Crippen molar-refractivity contribution in [2.75, 3.05) is 24.7 Å². The van der Waals surface area contributed by atoms with Crippen LogP contribution in [0.3, 0.4) is 0 Å². The number of benzene rings is 2. The van der Waals surface area contributed by atoms with Crippen LogP contribution in [0, 0.1) is 13.8 Å². The Balaban J connectivity index is 1.98. The fraction of sp³-hybridized carbons (Fsp3) is 0.280. The summed E-state index contributed by atoms with van der Waals surface area (Å²) in [5.41, 5.74) is 2.30. The summed E-state index contributed by atoms with van der Waals surface area (Å²) in [4.78, 5) is 51.0. The third-order valence-electron chi connectivity index (χ3n) is 4.88. The molecule has 1 aliphatic rings. The first-order valence-electron chi connectivity index (χ1n) is 10.9. The van der Waals surface area contributed by atoms with Gasteiger partial charge in [0.1, 0.15) is 5.57 Å². The topological polar surface area (TPSA) is 111 Å². The third-order valence-corrected chi connectivity index (χ3v) is 5.57. The second-order valence-corrected chi connectivity index (χ2v) is 8.51. The number of ether oxygens (including phenoxy) is 3. The highest BCUT2D eigenvalue weighted by atomic mass is 79.9. The molecule has 1 aliphatic heterocycles. The smallest absolute Gasteiger partial charge is 0.344 e. The fourth-order valence-electron chi connectivity index (χ4n) is 3.51. The predicted molar refractivity (Wildman–Crippen MR) is 132 cm³/mol. The maximum Gasteiger partial charge on any atom is 0.344 e. The minimum absolute atomic E-state index is 0.230. The molecule has 0 aliphatic carbocycles. The maximum absolute atomic E-state index is 13.3. The summed E-state index contributed by atoms with van der Waals surface area (Å²) in [6.07, 6.45) is 1.36. The lowest BCUT2D eigenvalue weighted by molar-refractivity contribution is -0.145. The molecule has 0 spiro atoms. The molecule has 2 aromatic carbocycles. The second-order valence-electron chi connectivity index (χ2n) is 7.65. The van der Waals surface area contributed by atoms with E-state index in [1.165, 1.54) is 6.08 Å². The van der Waals surface area contributed by atoms with Crippen LogP contribution in [-0.4, -0.2) is 43.6 Å². The quantitative estimate of drug-likeness (QED) is 0.303. The molecule has 35 heavy (non-hydrogen) atoms. The average molecular weight is 545 g/mol. The number of esters is 1. The van der Waals surface area contributed by atoms with E-state index in [9.17, 15) is 19.2 Å². The van der Waals surface area contributed by atoms with Gasteiger partial charge < -0.3 is 14.2 Å². The first kappa shape index (κ1) is 26.0. The molecule has 0 unspecified atom stereocenters. The molecular weight excluding hydrogens is 520 g/mol. The van der Waals surface area contributed by atoms with E-state index in [0.29, 0.717) is 28.1 Å². The lowest BCUT2D eigenvalue weighted by Crippen LogP contribution is -2.54. The lowest BCUT2D eigenvalue weighted by atomic mass is 10.0. The normalized spacial score (nSPS) is 14.7. The molecule has 184 valence electrons. The van der Waals surface area contributed by atoms with Crippen molar-refractivity contribution in [3.8, 4) is 11.5 Å². The van der Waals surface area contributed by atoms with Crippen LogP contribution in [-0.2, 0) is 19.1 Å². The van der Waals surface area contributed by atoms with Gasteiger partial charge in [0.15, 0.2) is 18.1 Å². The number of carbonyl (C=O) groups is 4. The zero-order valence-corrected chi connectivity index (χ0v) is 21.4. The van der Waals surface area contributed by atoms with Crippen LogP contribution >= 0.6 is 15.9 Å². The van der Waals surface area contributed by atoms with E-state index in [-0.39, 0.29) is 24.5 Å². The Hall–Kier alpha value is -3.66. The average Bonchev–Trinajstić information content (AvgIpc) is 2.77. The minimum atomic E-state index is -0.820. The molecule has 9 nitrogen and oxygen atoms in total. The van der Waals surface area contributed by atoms with Crippen molar-refractivity contribution in [1.29, 1.82) is 0 Å². The van der Waals surface area contributed by atoms with Gasteiger partial charge in [-0.05, 0) is 74.7 Å². The Kier molecular flexibility index (Phi) is 8.29. The number of hydrogen-bond donors (Lipinski definition) is 1. The van der Waals surface area contributed by atoms with Gasteiger partial charge in [0.05, 0.1) is 18.9 Å². The number of amides is 4. The Morgan fingerprint density at radius 2 is 1.63 bits per heavy atom. The molecule has 3 rings (SSSR count). The van der Waals surface area contributed by atoms with E-state index in [2.05, 4.69) is 21.2 Å². The molecule has 4 amide bonds. The third kappa shape index (κ3) is 6.07. The Morgan fingerprint density at radius 3 is 2.26 bits per heavy atom. The fourth-order valence-corrected chi connectivity index (χ4v) is 3.95. The Labute approximate surface area is 211 Å². The van der Waals surface area contributed by atoms with Crippen molar-refractivity contribution in [1.82, 2.24) is 5.32 Å². The first-order valence-corrected chi connectivity index (χ1v) is 11.7. The monoisotopic (exact) mass is 544 g/mol. The molecule has 1 N–H and O–H groups in total. The number of nitrogens with zero attached hydrogens (tertiary/aromatic N) is 1. The number of halogens is 1. The maximum atomic E-state index is 13.3. The molecule has 0 atom stereocenters. The largest absolute Gasteiger partial charge is 0.490 e. The number of carbonyl (C=O) groups excluding carboxylic acids is 4. The number of rotatable bonds is 8. The summed E-state index contributed by atoms with van der Waals surface area (Å²) in [5, 5.41) is 2.22. The van der Waals surface area contributed by atoms with Gasteiger partial charge in [-0.3, -0.25) is 14.9 Å². The molecule has 10 heteroatoms. The molecule has 0 radical (unpaired) electrons. The van der Waals surface area contributed by atoms with Crippen molar-refractivity contribution < 1.29 is 33.4 Å². The highest BCUT2D eigenvalue weighted by molar-refractivity contribution is 9.10. The van der Waals surface area contributed by atoms with Crippen LogP contribution in [0.4, 0.5) is 10.5 Å². The summed E-state index contributed by atoms with van der Waals surface area (Å²) in [5.74, 6) is -1.51. The highest BCUT2D eigenvalue weighted by Gasteiger charge is 2.37. The molecule has 2 aromatic rings. The van der Waals surface area contributed by atoms with E-state index in [1.807, 2.05) is 19.9 Å². The Morgan fingerprint density at radius 1 is 0.971 bits per heavy atom. The first-order chi connectivity index (χ1) is 16.6. The van der Waals surface area contributed by atoms with Crippen molar-refractivity contribution in [3.63, 3.8) is 0 Å². The van der Waals surface area contributed by atoms with E-state index >= 15 is 0 Å². The molecule has 1 saturated heterocycles. The van der Waals surface area contributed by atoms with Crippen molar-refractivity contribution in [2.24, 2.45) is 0 Å². The van der Waals surface area contributed by atoms with E-state index in [0.717, 1.165) is 16.0 Å². The zero-order valence-electron chi connectivity index (χ0n) is 19.8. The summed E-state index contributed by atoms with van der Waals surface area (Å²) < 4.78 is 16.5. The van der Waals surface area contributed by atoms with Gasteiger partial charge >= 0.3 is 12.0 Å². The summed E-state index contributed by atoms with van der Waals surface area (Å²) in [7, 11) is 0. The molecular formula is C25H25BrN2O7. The number of urea groups is 1. The number of nitrogens with one attached hydrogen (secondary N) is 1. The van der Waals surface area contributed by atoms with Gasteiger partial charge in [-0.1, -0.05) is 22.0 Å². The van der Waals surface area contributed by atoms with Crippen LogP contribution in [0.25, 0.3) is 6.08 Å². The molecule has 0 bridgehead atoms. The number of anilines is 1. The van der Waals surface area contributed by atoms with Crippen LogP contribution in [0.5, 0.6) is 11.5 Å². The van der Waals surface area contributed by atoms with Gasteiger partial charge in [-0.2, -0.15) is 0 Å². The molecule has 0 aromatic heterocycles. The van der Waals surface area contributed by atoms with Crippen molar-refractivity contribution in [3.05, 3.63) is 57.1 Å². The SMILES string of the molecule is CCOC(=O)COc1cc(Br)c(/C=C2\C(=O)NC(=O)N(c3cc(C)cc(C)c3)C2=O)cc1OCC. The zero-order chi connectivity index (χ0) is 25.7. The second kappa shape index (κ2) is 11.2.